The number of hydrogen-bond donors (Lipinski definition) is 1. The Hall–Kier alpha value is -1.10. The molecule has 1 heterocycles. The molecule has 2 rings (SSSR count). The molecule has 2 aromatic rings. The van der Waals surface area contributed by atoms with Crippen molar-refractivity contribution in [3.8, 4) is 0 Å². The fourth-order valence-corrected chi connectivity index (χ4v) is 1.47. The molecule has 1 N–H and O–H groups in total. The average Bonchev–Trinajstić information content (AvgIpc) is 2.59. The van der Waals surface area contributed by atoms with Crippen LogP contribution < -0.4 is 34.7 Å². The molecular formula is C11H8NNaO3. The predicted octanol–water partition coefficient (Wildman–Crippen LogP) is -2.97. The van der Waals surface area contributed by atoms with Crippen LogP contribution in [0.15, 0.2) is 30.3 Å². The zero-order valence-corrected chi connectivity index (χ0v) is 10.8. The number of carbonyl (C=O) groups is 2. The molecule has 4 nitrogen and oxygen atoms in total. The number of para-hydroxylation sites is 1. The smallest absolute Gasteiger partial charge is 0.542 e. The van der Waals surface area contributed by atoms with Gasteiger partial charge in [-0.1, -0.05) is 18.2 Å². The Kier molecular flexibility index (Phi) is 4.29. The summed E-state index contributed by atoms with van der Waals surface area (Å²) < 4.78 is 0. The van der Waals surface area contributed by atoms with Gasteiger partial charge in [0.2, 0.25) is 0 Å². The van der Waals surface area contributed by atoms with Crippen molar-refractivity contribution in [3.05, 3.63) is 36.0 Å². The van der Waals surface area contributed by atoms with E-state index in [0.29, 0.717) is 5.69 Å². The van der Waals surface area contributed by atoms with Crippen molar-refractivity contribution in [1.29, 1.82) is 0 Å². The van der Waals surface area contributed by atoms with Gasteiger partial charge in [-0.05, 0) is 17.5 Å². The van der Waals surface area contributed by atoms with Crippen LogP contribution in [0.1, 0.15) is 5.69 Å². The normalized spacial score (nSPS) is 9.75. The van der Waals surface area contributed by atoms with Gasteiger partial charge in [-0.25, -0.2) is 0 Å². The van der Waals surface area contributed by atoms with E-state index in [9.17, 15) is 14.7 Å². The zero-order valence-electron chi connectivity index (χ0n) is 8.82. The summed E-state index contributed by atoms with van der Waals surface area (Å²) in [7, 11) is 0. The second kappa shape index (κ2) is 5.30. The standard InChI is InChI=1S/C11H9NO3.Na/c13-10(11(14)15)6-8-5-7-3-1-2-4-9(7)12-8;/h1-5,12H,6H2,(H,14,15);/q;+1/p-1. The van der Waals surface area contributed by atoms with Crippen LogP contribution >= 0.6 is 0 Å². The summed E-state index contributed by atoms with van der Waals surface area (Å²) >= 11 is 0. The molecule has 0 unspecified atom stereocenters. The number of carboxylic acid groups (broad SMARTS) is 1. The molecule has 0 aliphatic carbocycles. The fraction of sp³-hybridized carbons (Fsp3) is 0.0909. The Labute approximate surface area is 114 Å². The van der Waals surface area contributed by atoms with Gasteiger partial charge in [0.15, 0.2) is 5.78 Å². The van der Waals surface area contributed by atoms with Crippen molar-refractivity contribution in [2.45, 2.75) is 6.42 Å². The first kappa shape index (κ1) is 13.0. The minimum Gasteiger partial charge on any atom is -0.542 e. The molecule has 1 aromatic carbocycles. The van der Waals surface area contributed by atoms with Gasteiger partial charge in [0.1, 0.15) is 5.97 Å². The van der Waals surface area contributed by atoms with Crippen LogP contribution in [0.5, 0.6) is 0 Å². The Balaban J connectivity index is 0.00000128. The molecule has 0 bridgehead atoms. The predicted molar refractivity (Wildman–Crippen MR) is 52.0 cm³/mol. The Morgan fingerprint density at radius 1 is 1.25 bits per heavy atom. The van der Waals surface area contributed by atoms with Crippen molar-refractivity contribution in [1.82, 2.24) is 4.98 Å². The van der Waals surface area contributed by atoms with E-state index in [0.717, 1.165) is 10.9 Å². The molecule has 0 fully saturated rings. The summed E-state index contributed by atoms with van der Waals surface area (Å²) in [6, 6.07) is 9.25. The van der Waals surface area contributed by atoms with Gasteiger partial charge in [0.05, 0.1) is 6.42 Å². The van der Waals surface area contributed by atoms with Crippen molar-refractivity contribution in [2.75, 3.05) is 0 Å². The minimum absolute atomic E-state index is 0. The van der Waals surface area contributed by atoms with Gasteiger partial charge in [0.25, 0.3) is 0 Å². The number of carbonyl (C=O) groups excluding carboxylic acids is 2. The minimum atomic E-state index is -1.64. The van der Waals surface area contributed by atoms with Crippen LogP contribution in [-0.4, -0.2) is 16.7 Å². The second-order valence-electron chi connectivity index (χ2n) is 3.27. The first-order valence-electron chi connectivity index (χ1n) is 4.47. The number of hydrogen-bond acceptors (Lipinski definition) is 3. The van der Waals surface area contributed by atoms with Crippen LogP contribution in [0.3, 0.4) is 0 Å². The van der Waals surface area contributed by atoms with Crippen molar-refractivity contribution < 1.29 is 44.3 Å². The molecule has 0 radical (unpaired) electrons. The molecule has 0 saturated heterocycles. The van der Waals surface area contributed by atoms with Crippen LogP contribution in [0.2, 0.25) is 0 Å². The number of aromatic nitrogens is 1. The maximum atomic E-state index is 10.9. The third kappa shape index (κ3) is 2.72. The molecule has 0 atom stereocenters. The molecule has 16 heavy (non-hydrogen) atoms. The molecule has 0 aliphatic heterocycles. The number of H-pyrrole nitrogens is 1. The van der Waals surface area contributed by atoms with Gasteiger partial charge in [-0.2, -0.15) is 0 Å². The Morgan fingerprint density at radius 3 is 2.56 bits per heavy atom. The number of aliphatic carboxylic acids is 1. The summed E-state index contributed by atoms with van der Waals surface area (Å²) in [6.07, 6.45) is -0.156. The maximum absolute atomic E-state index is 10.9. The monoisotopic (exact) mass is 225 g/mol. The molecule has 0 spiro atoms. The van der Waals surface area contributed by atoms with Gasteiger partial charge < -0.3 is 14.9 Å². The van der Waals surface area contributed by atoms with Crippen LogP contribution in [0.4, 0.5) is 0 Å². The van der Waals surface area contributed by atoms with Gasteiger partial charge in [-0.15, -0.1) is 0 Å². The summed E-state index contributed by atoms with van der Waals surface area (Å²) in [5.74, 6) is -2.56. The van der Waals surface area contributed by atoms with E-state index in [1.54, 1.807) is 6.07 Å². The number of rotatable bonds is 3. The summed E-state index contributed by atoms with van der Waals surface area (Å²) in [5.41, 5.74) is 1.48. The largest absolute Gasteiger partial charge is 1.00 e. The van der Waals surface area contributed by atoms with E-state index < -0.39 is 11.8 Å². The Morgan fingerprint density at radius 2 is 1.94 bits per heavy atom. The topological polar surface area (TPSA) is 73.0 Å². The van der Waals surface area contributed by atoms with Gasteiger partial charge in [-0.3, -0.25) is 4.79 Å². The van der Waals surface area contributed by atoms with Crippen molar-refractivity contribution in [3.63, 3.8) is 0 Å². The number of nitrogens with one attached hydrogen (secondary N) is 1. The van der Waals surface area contributed by atoms with Crippen LogP contribution in [0.25, 0.3) is 10.9 Å². The average molecular weight is 225 g/mol. The SMILES string of the molecule is O=C([O-])C(=O)Cc1cc2ccccc2[nH]1.[Na+]. The molecule has 0 amide bonds. The second-order valence-corrected chi connectivity index (χ2v) is 3.27. The quantitative estimate of drug-likeness (QED) is 0.448. The fourth-order valence-electron chi connectivity index (χ4n) is 1.47. The molecular weight excluding hydrogens is 217 g/mol. The number of ketones is 1. The zero-order chi connectivity index (χ0) is 10.8. The summed E-state index contributed by atoms with van der Waals surface area (Å²) in [5, 5.41) is 11.2. The van der Waals surface area contributed by atoms with E-state index >= 15 is 0 Å². The van der Waals surface area contributed by atoms with Crippen LogP contribution in [0, 0.1) is 0 Å². The first-order chi connectivity index (χ1) is 7.16. The van der Waals surface area contributed by atoms with Crippen molar-refractivity contribution in [2.24, 2.45) is 0 Å². The molecule has 0 aliphatic rings. The number of benzene rings is 1. The van der Waals surface area contributed by atoms with E-state index in [1.807, 2.05) is 24.3 Å². The number of carboxylic acids is 1. The molecule has 5 heteroatoms. The summed E-state index contributed by atoms with van der Waals surface area (Å²) in [6.45, 7) is 0. The third-order valence-electron chi connectivity index (χ3n) is 2.16. The Bertz CT molecular complexity index is 500. The first-order valence-corrected chi connectivity index (χ1v) is 4.47. The molecule has 76 valence electrons. The van der Waals surface area contributed by atoms with Crippen molar-refractivity contribution >= 4 is 22.7 Å². The van der Waals surface area contributed by atoms with Gasteiger partial charge in [0, 0.05) is 11.2 Å². The van der Waals surface area contributed by atoms with Crippen LogP contribution in [-0.2, 0) is 16.0 Å². The number of Topliss-reactive ketones (excluding diaryl/α,β-unsaturated/α-hetero) is 1. The van der Waals surface area contributed by atoms with E-state index in [-0.39, 0.29) is 36.0 Å². The van der Waals surface area contributed by atoms with E-state index in [4.69, 9.17) is 0 Å². The van der Waals surface area contributed by atoms with Gasteiger partial charge >= 0.3 is 29.6 Å². The third-order valence-corrected chi connectivity index (χ3v) is 2.16. The van der Waals surface area contributed by atoms with E-state index in [1.165, 1.54) is 0 Å². The maximum Gasteiger partial charge on any atom is 1.00 e. The number of fused-ring (bicyclic) bond motifs is 1. The molecule has 1 aromatic heterocycles. The number of aromatic amines is 1. The summed E-state index contributed by atoms with van der Waals surface area (Å²) in [4.78, 5) is 24.1. The van der Waals surface area contributed by atoms with E-state index in [2.05, 4.69) is 4.98 Å². The molecule has 0 saturated carbocycles.